The van der Waals surface area contributed by atoms with Crippen LogP contribution in [-0.4, -0.2) is 10.9 Å². The van der Waals surface area contributed by atoms with E-state index in [0.29, 0.717) is 12.0 Å². The van der Waals surface area contributed by atoms with Gasteiger partial charge in [0.2, 0.25) is 0 Å². The predicted molar refractivity (Wildman–Crippen MR) is 67.2 cm³/mol. The predicted octanol–water partition coefficient (Wildman–Crippen LogP) is 2.98. The summed E-state index contributed by atoms with van der Waals surface area (Å²) < 4.78 is 40.1. The van der Waals surface area contributed by atoms with Gasteiger partial charge in [-0.05, 0) is 19.1 Å². The first-order valence-electron chi connectivity index (χ1n) is 5.69. The van der Waals surface area contributed by atoms with Gasteiger partial charge < -0.3 is 4.57 Å². The summed E-state index contributed by atoms with van der Waals surface area (Å²) in [5.41, 5.74) is -1.34. The van der Waals surface area contributed by atoms with E-state index in [0.717, 1.165) is 18.3 Å². The van der Waals surface area contributed by atoms with E-state index in [1.54, 1.807) is 0 Å². The zero-order valence-electron chi connectivity index (χ0n) is 10.4. The summed E-state index contributed by atoms with van der Waals surface area (Å²) in [6, 6.07) is 6.12. The van der Waals surface area contributed by atoms with E-state index in [2.05, 4.69) is 0 Å². The molecule has 0 bridgehead atoms. The Hall–Kier alpha value is -2.37. The fraction of sp³-hybridized carbons (Fsp3) is 0.143. The van der Waals surface area contributed by atoms with E-state index >= 15 is 0 Å². The number of pyridine rings is 1. The molecule has 0 unspecified atom stereocenters. The molecule has 1 heterocycles. The molecule has 1 aromatic carbocycles. The number of nitrogens with zero attached hydrogens (tertiary/aromatic N) is 1. The standard InChI is InChI=1S/C14H10F3NO2/c1-9-6-13(20)10(8-19)7-18(9)12-5-3-2-4-11(12)14(15,16)17/h2-8H,1H3. The van der Waals surface area contributed by atoms with Gasteiger partial charge in [0, 0.05) is 18.0 Å². The van der Waals surface area contributed by atoms with Crippen LogP contribution in [0.4, 0.5) is 13.2 Å². The number of carbonyl (C=O) groups excluding carboxylic acids is 1. The Morgan fingerprint density at radius 2 is 1.85 bits per heavy atom. The van der Waals surface area contributed by atoms with Gasteiger partial charge in [0.15, 0.2) is 11.7 Å². The van der Waals surface area contributed by atoms with Crippen LogP contribution in [-0.2, 0) is 6.18 Å². The molecule has 6 heteroatoms. The van der Waals surface area contributed by atoms with Crippen LogP contribution in [0.25, 0.3) is 5.69 Å². The average molecular weight is 281 g/mol. The quantitative estimate of drug-likeness (QED) is 0.794. The Morgan fingerprint density at radius 1 is 1.20 bits per heavy atom. The number of hydrogen-bond donors (Lipinski definition) is 0. The van der Waals surface area contributed by atoms with Crippen molar-refractivity contribution < 1.29 is 18.0 Å². The van der Waals surface area contributed by atoms with Crippen LogP contribution in [0.2, 0.25) is 0 Å². The highest BCUT2D eigenvalue weighted by molar-refractivity contribution is 5.74. The number of hydrogen-bond acceptors (Lipinski definition) is 2. The zero-order valence-corrected chi connectivity index (χ0v) is 10.4. The molecule has 0 aliphatic heterocycles. The Morgan fingerprint density at radius 3 is 2.45 bits per heavy atom. The SMILES string of the molecule is Cc1cc(=O)c(C=O)cn1-c1ccccc1C(F)(F)F. The lowest BCUT2D eigenvalue weighted by Gasteiger charge is -2.17. The van der Waals surface area contributed by atoms with Gasteiger partial charge in [0.05, 0.1) is 16.8 Å². The molecule has 1 aromatic heterocycles. The fourth-order valence-electron chi connectivity index (χ4n) is 1.92. The number of rotatable bonds is 2. The molecule has 20 heavy (non-hydrogen) atoms. The van der Waals surface area contributed by atoms with Crippen LogP contribution >= 0.6 is 0 Å². The largest absolute Gasteiger partial charge is 0.418 e. The van der Waals surface area contributed by atoms with E-state index in [9.17, 15) is 22.8 Å². The Labute approximate surface area is 112 Å². The van der Waals surface area contributed by atoms with Crippen LogP contribution in [0.15, 0.2) is 41.3 Å². The number of halogens is 3. The van der Waals surface area contributed by atoms with Gasteiger partial charge >= 0.3 is 6.18 Å². The number of carbonyl (C=O) groups is 1. The maximum absolute atomic E-state index is 13.0. The molecule has 0 N–H and O–H groups in total. The van der Waals surface area contributed by atoms with Gasteiger partial charge in [-0.1, -0.05) is 12.1 Å². The summed E-state index contributed by atoms with van der Waals surface area (Å²) >= 11 is 0. The Kier molecular flexibility index (Phi) is 3.48. The molecule has 2 aromatic rings. The summed E-state index contributed by atoms with van der Waals surface area (Å²) in [5, 5.41) is 0. The lowest BCUT2D eigenvalue weighted by molar-refractivity contribution is -0.137. The van der Waals surface area contributed by atoms with Gasteiger partial charge in [-0.25, -0.2) is 0 Å². The second-order valence-corrected chi connectivity index (χ2v) is 4.24. The molecule has 0 aliphatic carbocycles. The lowest BCUT2D eigenvalue weighted by Crippen LogP contribution is -2.17. The van der Waals surface area contributed by atoms with Crippen LogP contribution in [0.5, 0.6) is 0 Å². The first-order valence-corrected chi connectivity index (χ1v) is 5.69. The van der Waals surface area contributed by atoms with Crippen LogP contribution < -0.4 is 5.43 Å². The molecule has 0 fully saturated rings. The highest BCUT2D eigenvalue weighted by Gasteiger charge is 2.33. The monoisotopic (exact) mass is 281 g/mol. The van der Waals surface area contributed by atoms with Crippen molar-refractivity contribution >= 4 is 6.29 Å². The smallest absolute Gasteiger partial charge is 0.320 e. The maximum Gasteiger partial charge on any atom is 0.418 e. The van der Waals surface area contributed by atoms with Gasteiger partial charge in [-0.2, -0.15) is 13.2 Å². The normalized spacial score (nSPS) is 11.4. The number of aryl methyl sites for hydroxylation is 1. The number of para-hydroxylation sites is 1. The topological polar surface area (TPSA) is 39.1 Å². The summed E-state index contributed by atoms with van der Waals surface area (Å²) in [7, 11) is 0. The molecule has 0 amide bonds. The summed E-state index contributed by atoms with van der Waals surface area (Å²) in [4.78, 5) is 22.2. The molecular formula is C14H10F3NO2. The van der Waals surface area contributed by atoms with Gasteiger partial charge in [-0.3, -0.25) is 9.59 Å². The molecular weight excluding hydrogens is 271 g/mol. The van der Waals surface area contributed by atoms with E-state index in [4.69, 9.17) is 0 Å². The van der Waals surface area contributed by atoms with Crippen molar-refractivity contribution in [3.63, 3.8) is 0 Å². The molecule has 2 rings (SSSR count). The Balaban J connectivity index is 2.76. The van der Waals surface area contributed by atoms with E-state index in [1.165, 1.54) is 29.7 Å². The number of aromatic nitrogens is 1. The van der Waals surface area contributed by atoms with Crippen molar-refractivity contribution in [2.24, 2.45) is 0 Å². The van der Waals surface area contributed by atoms with Gasteiger partial charge in [0.1, 0.15) is 0 Å². The highest BCUT2D eigenvalue weighted by atomic mass is 19.4. The maximum atomic E-state index is 13.0. The molecule has 0 radical (unpaired) electrons. The summed E-state index contributed by atoms with van der Waals surface area (Å²) in [6.45, 7) is 1.50. The third-order valence-electron chi connectivity index (χ3n) is 2.87. The molecule has 0 aliphatic rings. The third kappa shape index (κ3) is 2.49. The number of aldehydes is 1. The minimum Gasteiger partial charge on any atom is -0.320 e. The summed E-state index contributed by atoms with van der Waals surface area (Å²) in [6.07, 6.45) is -3.07. The van der Waals surface area contributed by atoms with Crippen molar-refractivity contribution in [1.82, 2.24) is 4.57 Å². The third-order valence-corrected chi connectivity index (χ3v) is 2.87. The Bertz CT molecular complexity index is 717. The van der Waals surface area contributed by atoms with Crippen molar-refractivity contribution in [3.8, 4) is 5.69 Å². The van der Waals surface area contributed by atoms with Crippen molar-refractivity contribution in [2.75, 3.05) is 0 Å². The number of benzene rings is 1. The van der Waals surface area contributed by atoms with E-state index in [1.807, 2.05) is 0 Å². The average Bonchev–Trinajstić information content (AvgIpc) is 2.38. The highest BCUT2D eigenvalue weighted by Crippen LogP contribution is 2.33. The van der Waals surface area contributed by atoms with Crippen LogP contribution in [0, 0.1) is 6.92 Å². The molecule has 0 saturated heterocycles. The molecule has 0 spiro atoms. The molecule has 0 saturated carbocycles. The van der Waals surface area contributed by atoms with Crippen LogP contribution in [0.1, 0.15) is 21.6 Å². The second-order valence-electron chi connectivity index (χ2n) is 4.24. The lowest BCUT2D eigenvalue weighted by atomic mass is 10.1. The zero-order chi connectivity index (χ0) is 14.9. The van der Waals surface area contributed by atoms with Crippen LogP contribution in [0.3, 0.4) is 0 Å². The minimum absolute atomic E-state index is 0.124. The molecule has 3 nitrogen and oxygen atoms in total. The summed E-state index contributed by atoms with van der Waals surface area (Å²) in [5.74, 6) is 0. The van der Waals surface area contributed by atoms with Gasteiger partial charge in [-0.15, -0.1) is 0 Å². The first kappa shape index (κ1) is 14.0. The van der Waals surface area contributed by atoms with Crippen molar-refractivity contribution in [1.29, 1.82) is 0 Å². The first-order chi connectivity index (χ1) is 9.34. The van der Waals surface area contributed by atoms with E-state index in [-0.39, 0.29) is 11.3 Å². The minimum atomic E-state index is -4.52. The van der Waals surface area contributed by atoms with E-state index < -0.39 is 17.2 Å². The van der Waals surface area contributed by atoms with Gasteiger partial charge in [0.25, 0.3) is 0 Å². The molecule has 0 atom stereocenters. The second kappa shape index (κ2) is 4.96. The fourth-order valence-corrected chi connectivity index (χ4v) is 1.92. The number of alkyl halides is 3. The van der Waals surface area contributed by atoms with Crippen molar-refractivity contribution in [2.45, 2.75) is 13.1 Å². The molecule has 104 valence electrons. The van der Waals surface area contributed by atoms with Crippen molar-refractivity contribution in [3.05, 3.63) is 63.6 Å².